The van der Waals surface area contributed by atoms with E-state index in [0.717, 1.165) is 0 Å². The molecule has 0 rings (SSSR count). The zero-order valence-corrected chi connectivity index (χ0v) is 31.1. The minimum atomic E-state index is -1.16. The van der Waals surface area contributed by atoms with Gasteiger partial charge in [-0.2, -0.15) is 0 Å². The van der Waals surface area contributed by atoms with Gasteiger partial charge in [0.05, 0.1) is 0 Å². The third-order valence-electron chi connectivity index (χ3n) is 4.80. The fraction of sp³-hybridized carbons (Fsp3) is 1.00. The standard InChI is InChI=1S/3C10H21O5.Al/c3*1-4-13-10(14-5-2,15-6-3)9-12-8-7-11;/h3*4-9H2,1-3H3;/q3*-1;+3. The first-order chi connectivity index (χ1) is 21.7. The fourth-order valence-corrected chi connectivity index (χ4v) is 3.50. The minimum Gasteiger partial charge on any atom is -0.853 e. The molecule has 15 nitrogen and oxygen atoms in total. The summed E-state index contributed by atoms with van der Waals surface area (Å²) in [6, 6.07) is 0. The molecule has 0 unspecified atom stereocenters. The van der Waals surface area contributed by atoms with E-state index >= 15 is 0 Å². The topological polar surface area (TPSA) is 180 Å². The summed E-state index contributed by atoms with van der Waals surface area (Å²) in [6.07, 6.45) is 0. The summed E-state index contributed by atoms with van der Waals surface area (Å²) < 4.78 is 63.8. The Labute approximate surface area is 288 Å². The van der Waals surface area contributed by atoms with Crippen molar-refractivity contribution in [3.05, 3.63) is 0 Å². The molecule has 16 heteroatoms. The van der Waals surface area contributed by atoms with Crippen molar-refractivity contribution < 1.29 is 72.2 Å². The van der Waals surface area contributed by atoms with Crippen molar-refractivity contribution in [1.29, 1.82) is 0 Å². The van der Waals surface area contributed by atoms with Crippen LogP contribution in [0.4, 0.5) is 0 Å². The predicted octanol–water partition coefficient (Wildman–Crippen LogP) is -0.001000. The van der Waals surface area contributed by atoms with Crippen LogP contribution >= 0.6 is 0 Å². The van der Waals surface area contributed by atoms with Crippen molar-refractivity contribution >= 4 is 17.4 Å². The summed E-state index contributed by atoms with van der Waals surface area (Å²) in [5, 5.41) is 30.7. The van der Waals surface area contributed by atoms with Crippen LogP contribution < -0.4 is 15.3 Å². The Morgan fingerprint density at radius 3 is 0.587 bits per heavy atom. The van der Waals surface area contributed by atoms with Crippen molar-refractivity contribution in [2.24, 2.45) is 0 Å². The summed E-state index contributed by atoms with van der Waals surface area (Å²) in [6.45, 7) is 20.7. The van der Waals surface area contributed by atoms with Gasteiger partial charge in [-0.3, -0.25) is 0 Å². The Hall–Kier alpha value is -0.0675. The van der Waals surface area contributed by atoms with Gasteiger partial charge in [-0.05, 0) is 62.3 Å². The van der Waals surface area contributed by atoms with Crippen LogP contribution in [-0.4, -0.2) is 154 Å². The molecule has 46 heavy (non-hydrogen) atoms. The van der Waals surface area contributed by atoms with Gasteiger partial charge < -0.3 is 72.2 Å². The molecule has 0 aromatic heterocycles. The van der Waals surface area contributed by atoms with Crippen molar-refractivity contribution in [1.82, 2.24) is 0 Å². The second-order valence-corrected chi connectivity index (χ2v) is 8.22. The molecule has 0 spiro atoms. The average molecular weight is 691 g/mol. The van der Waals surface area contributed by atoms with E-state index in [4.69, 9.17) is 56.8 Å². The molecule has 0 fully saturated rings. The molecular formula is C30H63AlO15. The Morgan fingerprint density at radius 1 is 0.326 bits per heavy atom. The van der Waals surface area contributed by atoms with Crippen LogP contribution in [0.1, 0.15) is 62.3 Å². The Kier molecular flexibility index (Phi) is 43.3. The second-order valence-electron chi connectivity index (χ2n) is 8.22. The van der Waals surface area contributed by atoms with Gasteiger partial charge >= 0.3 is 35.3 Å². The molecule has 0 aliphatic heterocycles. The Bertz CT molecular complexity index is 451. The maximum Gasteiger partial charge on any atom is 3.00 e. The molecule has 0 N–H and O–H groups in total. The minimum absolute atomic E-state index is 0. The summed E-state index contributed by atoms with van der Waals surface area (Å²) in [7, 11) is 0. The molecular weight excluding hydrogens is 627 g/mol. The maximum absolute atomic E-state index is 10.2. The van der Waals surface area contributed by atoms with Gasteiger partial charge in [-0.1, -0.05) is 0 Å². The van der Waals surface area contributed by atoms with Crippen LogP contribution in [0, 0.1) is 0 Å². The first-order valence-electron chi connectivity index (χ1n) is 16.0. The molecule has 0 atom stereocenters. The summed E-state index contributed by atoms with van der Waals surface area (Å²) >= 11 is 0. The summed E-state index contributed by atoms with van der Waals surface area (Å²) in [4.78, 5) is 0. The van der Waals surface area contributed by atoms with E-state index in [1.807, 2.05) is 62.3 Å². The van der Waals surface area contributed by atoms with Crippen LogP contribution in [0.2, 0.25) is 0 Å². The van der Waals surface area contributed by atoms with Gasteiger partial charge in [-0.15, -0.1) is 19.8 Å². The number of ether oxygens (including phenoxy) is 12. The Balaban J connectivity index is -0.000000285. The average Bonchev–Trinajstić information content (AvgIpc) is 3.00. The van der Waals surface area contributed by atoms with E-state index in [2.05, 4.69) is 0 Å². The van der Waals surface area contributed by atoms with Gasteiger partial charge in [0.2, 0.25) is 0 Å². The summed E-state index contributed by atoms with van der Waals surface area (Å²) in [5.74, 6) is -3.48. The molecule has 0 saturated carbocycles. The maximum atomic E-state index is 10.2. The quantitative estimate of drug-likeness (QED) is 0.0558. The predicted molar refractivity (Wildman–Crippen MR) is 166 cm³/mol. The molecule has 0 aromatic rings. The zero-order valence-electron chi connectivity index (χ0n) is 29.9. The van der Waals surface area contributed by atoms with Crippen LogP contribution in [0.5, 0.6) is 0 Å². The third kappa shape index (κ3) is 27.8. The van der Waals surface area contributed by atoms with Crippen LogP contribution in [0.15, 0.2) is 0 Å². The van der Waals surface area contributed by atoms with Crippen LogP contribution in [0.25, 0.3) is 0 Å². The van der Waals surface area contributed by atoms with E-state index in [-0.39, 0.29) is 76.8 Å². The first-order valence-corrected chi connectivity index (χ1v) is 16.0. The van der Waals surface area contributed by atoms with Crippen LogP contribution in [0.3, 0.4) is 0 Å². The van der Waals surface area contributed by atoms with Crippen molar-refractivity contribution in [2.75, 3.05) is 119 Å². The van der Waals surface area contributed by atoms with Crippen LogP contribution in [-0.2, 0) is 56.8 Å². The molecule has 0 aliphatic carbocycles. The SMILES string of the molecule is CCOC(COCC[O-])(OCC)OCC.CCOC(COCC[O-])(OCC)OCC.CCOC(COCC[O-])(OCC)OCC.[Al+3]. The summed E-state index contributed by atoms with van der Waals surface area (Å²) in [5.41, 5.74) is 0. The second kappa shape index (κ2) is 37.7. The molecule has 0 saturated heterocycles. The van der Waals surface area contributed by atoms with Gasteiger partial charge in [0.1, 0.15) is 19.8 Å². The fourth-order valence-electron chi connectivity index (χ4n) is 3.50. The van der Waals surface area contributed by atoms with Crippen molar-refractivity contribution in [2.45, 2.75) is 80.2 Å². The molecule has 0 heterocycles. The van der Waals surface area contributed by atoms with E-state index in [9.17, 15) is 15.3 Å². The van der Waals surface area contributed by atoms with E-state index in [1.54, 1.807) is 0 Å². The Morgan fingerprint density at radius 2 is 0.478 bits per heavy atom. The smallest absolute Gasteiger partial charge is 0.853 e. The van der Waals surface area contributed by atoms with E-state index in [0.29, 0.717) is 59.5 Å². The van der Waals surface area contributed by atoms with Crippen molar-refractivity contribution in [3.8, 4) is 0 Å². The van der Waals surface area contributed by atoms with E-state index < -0.39 is 17.9 Å². The molecule has 0 bridgehead atoms. The molecule has 0 amide bonds. The molecule has 0 radical (unpaired) electrons. The molecule has 276 valence electrons. The van der Waals surface area contributed by atoms with Crippen molar-refractivity contribution in [3.63, 3.8) is 0 Å². The molecule has 0 aromatic carbocycles. The number of hydrogen-bond acceptors (Lipinski definition) is 15. The number of rotatable bonds is 30. The van der Waals surface area contributed by atoms with Gasteiger partial charge in [0.25, 0.3) is 0 Å². The van der Waals surface area contributed by atoms with Gasteiger partial charge in [-0.25, -0.2) is 0 Å². The number of hydrogen-bond donors (Lipinski definition) is 0. The first kappa shape index (κ1) is 52.7. The zero-order chi connectivity index (χ0) is 34.7. The van der Waals surface area contributed by atoms with Gasteiger partial charge in [0, 0.05) is 79.3 Å². The van der Waals surface area contributed by atoms with Gasteiger partial charge in [0.15, 0.2) is 0 Å². The largest absolute Gasteiger partial charge is 3.00 e. The normalized spacial score (nSPS) is 11.7. The molecule has 0 aliphatic rings. The third-order valence-corrected chi connectivity index (χ3v) is 4.80. The monoisotopic (exact) mass is 690 g/mol. The van der Waals surface area contributed by atoms with E-state index in [1.165, 1.54) is 0 Å².